The number of rotatable bonds is 6. The van der Waals surface area contributed by atoms with Crippen LogP contribution in [-0.4, -0.2) is 50.3 Å². The van der Waals surface area contributed by atoms with E-state index in [1.54, 1.807) is 36.4 Å². The van der Waals surface area contributed by atoms with Crippen LogP contribution in [0.25, 0.3) is 0 Å². The standard InChI is InChI=1S/C20H21ClN2O4/c21-18-9-5-4-8-17(18)20(25)23-11-16-13-26-15(12-27-16)10-22-19(24)14-6-2-1-3-7-14/h1-9,15-16H,10-13H2,(H,22,24)(H,23,25). The first kappa shape index (κ1) is 19.4. The lowest BCUT2D eigenvalue weighted by atomic mass is 10.2. The molecule has 3 rings (SSSR count). The summed E-state index contributed by atoms with van der Waals surface area (Å²) in [4.78, 5) is 24.2. The molecule has 7 heteroatoms. The van der Waals surface area contributed by atoms with Crippen molar-refractivity contribution in [1.82, 2.24) is 10.6 Å². The molecule has 0 aliphatic carbocycles. The molecule has 2 unspecified atom stereocenters. The summed E-state index contributed by atoms with van der Waals surface area (Å²) < 4.78 is 11.4. The molecule has 1 fully saturated rings. The first-order chi connectivity index (χ1) is 13.1. The second kappa shape index (κ2) is 9.50. The van der Waals surface area contributed by atoms with Crippen LogP contribution in [0.3, 0.4) is 0 Å². The number of hydrogen-bond donors (Lipinski definition) is 2. The molecule has 1 aliphatic rings. The topological polar surface area (TPSA) is 76.7 Å². The van der Waals surface area contributed by atoms with Gasteiger partial charge in [-0.2, -0.15) is 0 Å². The van der Waals surface area contributed by atoms with E-state index in [1.807, 2.05) is 18.2 Å². The van der Waals surface area contributed by atoms with Gasteiger partial charge in [-0.3, -0.25) is 9.59 Å². The third-order valence-corrected chi connectivity index (χ3v) is 4.50. The summed E-state index contributed by atoms with van der Waals surface area (Å²) in [6, 6.07) is 15.9. The summed E-state index contributed by atoms with van der Waals surface area (Å²) in [6.45, 7) is 1.38. The molecule has 6 nitrogen and oxygen atoms in total. The van der Waals surface area contributed by atoms with Crippen LogP contribution >= 0.6 is 11.6 Å². The normalized spacial score (nSPS) is 19.3. The average molecular weight is 389 g/mol. The minimum Gasteiger partial charge on any atom is -0.371 e. The van der Waals surface area contributed by atoms with Gasteiger partial charge in [0.2, 0.25) is 0 Å². The maximum absolute atomic E-state index is 12.1. The Hall–Kier alpha value is -2.41. The highest BCUT2D eigenvalue weighted by Gasteiger charge is 2.23. The number of nitrogens with one attached hydrogen (secondary N) is 2. The number of benzene rings is 2. The Labute approximate surface area is 162 Å². The van der Waals surface area contributed by atoms with Gasteiger partial charge >= 0.3 is 0 Å². The van der Waals surface area contributed by atoms with E-state index in [2.05, 4.69) is 10.6 Å². The van der Waals surface area contributed by atoms with Gasteiger partial charge in [0.05, 0.1) is 36.0 Å². The Kier molecular flexibility index (Phi) is 6.81. The fraction of sp³-hybridized carbons (Fsp3) is 0.300. The molecule has 1 heterocycles. The van der Waals surface area contributed by atoms with E-state index in [0.29, 0.717) is 42.5 Å². The van der Waals surface area contributed by atoms with E-state index < -0.39 is 0 Å². The first-order valence-electron chi connectivity index (χ1n) is 8.72. The van der Waals surface area contributed by atoms with Crippen LogP contribution in [0.4, 0.5) is 0 Å². The van der Waals surface area contributed by atoms with Crippen LogP contribution in [0.15, 0.2) is 54.6 Å². The Morgan fingerprint density at radius 1 is 0.852 bits per heavy atom. The molecule has 142 valence electrons. The summed E-state index contributed by atoms with van der Waals surface area (Å²) >= 11 is 6.01. The molecule has 27 heavy (non-hydrogen) atoms. The lowest BCUT2D eigenvalue weighted by Gasteiger charge is -2.29. The maximum atomic E-state index is 12.1. The second-order valence-corrected chi connectivity index (χ2v) is 6.58. The molecule has 1 saturated heterocycles. The largest absolute Gasteiger partial charge is 0.371 e. The van der Waals surface area contributed by atoms with Gasteiger partial charge in [-0.15, -0.1) is 0 Å². The Morgan fingerprint density at radius 2 is 1.41 bits per heavy atom. The lowest BCUT2D eigenvalue weighted by Crippen LogP contribution is -2.46. The van der Waals surface area contributed by atoms with Gasteiger partial charge in [-0.25, -0.2) is 0 Å². The molecular weight excluding hydrogens is 368 g/mol. The van der Waals surface area contributed by atoms with Crippen molar-refractivity contribution in [2.45, 2.75) is 12.2 Å². The van der Waals surface area contributed by atoms with Crippen molar-refractivity contribution < 1.29 is 19.1 Å². The van der Waals surface area contributed by atoms with E-state index in [4.69, 9.17) is 21.1 Å². The monoisotopic (exact) mass is 388 g/mol. The third kappa shape index (κ3) is 5.53. The molecule has 2 aromatic rings. The fourth-order valence-electron chi connectivity index (χ4n) is 2.66. The number of carbonyl (C=O) groups is 2. The molecule has 2 aromatic carbocycles. The van der Waals surface area contributed by atoms with E-state index in [-0.39, 0.29) is 24.0 Å². The predicted octanol–water partition coefficient (Wildman–Crippen LogP) is 2.28. The van der Waals surface area contributed by atoms with E-state index in [9.17, 15) is 9.59 Å². The van der Waals surface area contributed by atoms with Crippen molar-refractivity contribution in [3.8, 4) is 0 Å². The Morgan fingerprint density at radius 3 is 2.00 bits per heavy atom. The fourth-order valence-corrected chi connectivity index (χ4v) is 2.89. The summed E-state index contributed by atoms with van der Waals surface area (Å²) in [5.41, 5.74) is 1.03. The van der Waals surface area contributed by atoms with E-state index in [1.165, 1.54) is 0 Å². The zero-order chi connectivity index (χ0) is 19.1. The van der Waals surface area contributed by atoms with E-state index >= 15 is 0 Å². The number of hydrogen-bond acceptors (Lipinski definition) is 4. The van der Waals surface area contributed by atoms with Crippen molar-refractivity contribution in [3.63, 3.8) is 0 Å². The third-order valence-electron chi connectivity index (χ3n) is 4.17. The highest BCUT2D eigenvalue weighted by atomic mass is 35.5. The van der Waals surface area contributed by atoms with Crippen molar-refractivity contribution in [3.05, 3.63) is 70.7 Å². The van der Waals surface area contributed by atoms with Crippen LogP contribution in [0.2, 0.25) is 5.02 Å². The smallest absolute Gasteiger partial charge is 0.252 e. The molecule has 2 atom stereocenters. The van der Waals surface area contributed by atoms with Crippen molar-refractivity contribution >= 4 is 23.4 Å². The summed E-state index contributed by atoms with van der Waals surface area (Å²) in [5, 5.41) is 6.04. The number of amides is 2. The first-order valence-corrected chi connectivity index (χ1v) is 9.10. The maximum Gasteiger partial charge on any atom is 0.252 e. The molecule has 0 aromatic heterocycles. The second-order valence-electron chi connectivity index (χ2n) is 6.18. The van der Waals surface area contributed by atoms with Crippen molar-refractivity contribution in [2.75, 3.05) is 26.3 Å². The molecular formula is C20H21ClN2O4. The van der Waals surface area contributed by atoms with Gasteiger partial charge in [0, 0.05) is 18.7 Å². The molecule has 0 bridgehead atoms. The number of halogens is 1. The van der Waals surface area contributed by atoms with Gasteiger partial charge < -0.3 is 20.1 Å². The zero-order valence-corrected chi connectivity index (χ0v) is 15.4. The van der Waals surface area contributed by atoms with Gasteiger partial charge in [-0.05, 0) is 24.3 Å². The van der Waals surface area contributed by atoms with Gasteiger partial charge in [0.25, 0.3) is 11.8 Å². The molecule has 2 N–H and O–H groups in total. The summed E-state index contributed by atoms with van der Waals surface area (Å²) in [5.74, 6) is -0.394. The highest BCUT2D eigenvalue weighted by Crippen LogP contribution is 2.14. The average Bonchev–Trinajstić information content (AvgIpc) is 2.72. The van der Waals surface area contributed by atoms with E-state index in [0.717, 1.165) is 0 Å². The number of carbonyl (C=O) groups excluding carboxylic acids is 2. The molecule has 0 saturated carbocycles. The Balaban J connectivity index is 1.37. The van der Waals surface area contributed by atoms with Crippen LogP contribution < -0.4 is 10.6 Å². The van der Waals surface area contributed by atoms with Crippen LogP contribution in [0.1, 0.15) is 20.7 Å². The quantitative estimate of drug-likeness (QED) is 0.796. The van der Waals surface area contributed by atoms with Crippen molar-refractivity contribution in [2.24, 2.45) is 0 Å². The minimum atomic E-state index is -0.249. The lowest BCUT2D eigenvalue weighted by molar-refractivity contribution is -0.128. The molecule has 0 radical (unpaired) electrons. The van der Waals surface area contributed by atoms with Crippen molar-refractivity contribution in [1.29, 1.82) is 0 Å². The number of ether oxygens (including phenoxy) is 2. The molecule has 1 aliphatic heterocycles. The van der Waals surface area contributed by atoms with Crippen LogP contribution in [-0.2, 0) is 9.47 Å². The predicted molar refractivity (Wildman–Crippen MR) is 102 cm³/mol. The Bertz CT molecular complexity index is 777. The molecule has 0 spiro atoms. The zero-order valence-electron chi connectivity index (χ0n) is 14.7. The SMILES string of the molecule is O=C(NCC1COC(CNC(=O)c2ccccc2Cl)CO1)c1ccccc1. The van der Waals surface area contributed by atoms with Gasteiger partial charge in [0.1, 0.15) is 0 Å². The highest BCUT2D eigenvalue weighted by molar-refractivity contribution is 6.33. The van der Waals surface area contributed by atoms with Crippen LogP contribution in [0, 0.1) is 0 Å². The van der Waals surface area contributed by atoms with Gasteiger partial charge in [0.15, 0.2) is 0 Å². The summed E-state index contributed by atoms with van der Waals surface area (Å²) in [6.07, 6.45) is -0.453. The van der Waals surface area contributed by atoms with Gasteiger partial charge in [-0.1, -0.05) is 41.9 Å². The minimum absolute atomic E-state index is 0.145. The summed E-state index contributed by atoms with van der Waals surface area (Å²) in [7, 11) is 0. The van der Waals surface area contributed by atoms with Crippen LogP contribution in [0.5, 0.6) is 0 Å². The molecule has 2 amide bonds.